The molecule has 9 heteroatoms. The van der Waals surface area contributed by atoms with Gasteiger partial charge in [-0.3, -0.25) is 9.13 Å². The molecule has 0 bridgehead atoms. The van der Waals surface area contributed by atoms with Crippen molar-refractivity contribution in [1.82, 2.24) is 43.6 Å². The fourth-order valence-corrected chi connectivity index (χ4v) is 12.4. The van der Waals surface area contributed by atoms with Crippen molar-refractivity contribution >= 4 is 56.4 Å². The van der Waals surface area contributed by atoms with Gasteiger partial charge < -0.3 is 4.57 Å². The smallest absolute Gasteiger partial charge is 0.238 e. The number of aromatic nitrogens is 9. The van der Waals surface area contributed by atoms with E-state index in [-0.39, 0.29) is 0 Å². The Kier molecular flexibility index (Phi) is 20.3. The van der Waals surface area contributed by atoms with E-state index in [2.05, 4.69) is 218 Å². The van der Waals surface area contributed by atoms with E-state index in [1.54, 1.807) is 0 Å². The minimum atomic E-state index is 0.548. The Morgan fingerprint density at radius 3 is 1.54 bits per heavy atom. The summed E-state index contributed by atoms with van der Waals surface area (Å²) in [5.74, 6) is 3.62. The molecule has 14 rings (SSSR count). The number of fused-ring (bicyclic) bond motifs is 3. The van der Waals surface area contributed by atoms with Crippen molar-refractivity contribution in [3.05, 3.63) is 307 Å². The fourth-order valence-electron chi connectivity index (χ4n) is 12.4. The van der Waals surface area contributed by atoms with Crippen LogP contribution in [-0.2, 0) is 0 Å². The first-order valence-electron chi connectivity index (χ1n) is 32.7. The highest BCUT2D eigenvalue weighted by atomic mass is 15.2. The van der Waals surface area contributed by atoms with E-state index in [1.807, 2.05) is 152 Å². The second-order valence-electron chi connectivity index (χ2n) is 22.3. The first-order valence-corrected chi connectivity index (χ1v) is 32.7. The molecule has 14 aromatic rings. The SMILES string of the molecule is C=Cc1c(-c2c(C)c(C)c(/C=C\C)n2-c2nc(-c3ccccc3)nc(-c3ccccc3)n2)n(-c2ccccc2)c2ccc(-c3ccccc3)cc12.C=Cc1c(C)n(-c2nc(C(/C=C\C)=C/C)nc(-c3cccc(-c4cccc5ccccc45)c3)n2)c2ccccc12.CC.CC. The predicted octanol–water partition coefficient (Wildman–Crippen LogP) is 22.9. The summed E-state index contributed by atoms with van der Waals surface area (Å²) < 4.78 is 6.68. The molecule has 0 spiro atoms. The normalized spacial score (nSPS) is 11.3. The fraction of sp³-hybridized carbons (Fsp3) is 0.116. The molecule has 95 heavy (non-hydrogen) atoms. The van der Waals surface area contributed by atoms with Gasteiger partial charge in [0.05, 0.1) is 28.1 Å². The average Bonchev–Trinajstić information content (AvgIpc) is 1.57. The average molecular weight is 1240 g/mol. The molecule has 468 valence electrons. The molecule has 9 nitrogen and oxygen atoms in total. The highest BCUT2D eigenvalue weighted by molar-refractivity contribution is 6.02. The number of benzene rings is 9. The minimum Gasteiger partial charge on any atom is -0.307 e. The third kappa shape index (κ3) is 12.8. The molecule has 5 heterocycles. The number of allylic oxidation sites excluding steroid dienone is 5. The van der Waals surface area contributed by atoms with E-state index in [0.29, 0.717) is 35.2 Å². The zero-order chi connectivity index (χ0) is 66.5. The van der Waals surface area contributed by atoms with Crippen LogP contribution in [0.5, 0.6) is 0 Å². The van der Waals surface area contributed by atoms with Gasteiger partial charge >= 0.3 is 0 Å². The second-order valence-corrected chi connectivity index (χ2v) is 22.3. The molecule has 9 aromatic carbocycles. The lowest BCUT2D eigenvalue weighted by Gasteiger charge is -2.17. The van der Waals surface area contributed by atoms with Crippen molar-refractivity contribution in [3.63, 3.8) is 0 Å². The van der Waals surface area contributed by atoms with Crippen molar-refractivity contribution < 1.29 is 0 Å². The predicted molar refractivity (Wildman–Crippen MR) is 403 cm³/mol. The van der Waals surface area contributed by atoms with Crippen LogP contribution >= 0.6 is 0 Å². The van der Waals surface area contributed by atoms with Gasteiger partial charge in [-0.2, -0.15) is 19.9 Å². The highest BCUT2D eigenvalue weighted by Gasteiger charge is 2.29. The van der Waals surface area contributed by atoms with Crippen LogP contribution in [0.2, 0.25) is 0 Å². The summed E-state index contributed by atoms with van der Waals surface area (Å²) in [5, 5.41) is 4.67. The Hall–Kier alpha value is -11.7. The van der Waals surface area contributed by atoms with Gasteiger partial charge in [-0.25, -0.2) is 9.97 Å². The zero-order valence-corrected chi connectivity index (χ0v) is 55.9. The van der Waals surface area contributed by atoms with Gasteiger partial charge in [0.2, 0.25) is 11.9 Å². The van der Waals surface area contributed by atoms with Crippen LogP contribution in [-0.4, -0.2) is 43.6 Å². The van der Waals surface area contributed by atoms with Crippen LogP contribution in [0.3, 0.4) is 0 Å². The quantitative estimate of drug-likeness (QED) is 0.101. The van der Waals surface area contributed by atoms with Crippen LogP contribution in [0, 0.1) is 20.8 Å². The number of hydrogen-bond acceptors (Lipinski definition) is 6. The number of para-hydroxylation sites is 2. The molecule has 0 saturated carbocycles. The third-order valence-corrected chi connectivity index (χ3v) is 16.9. The monoisotopic (exact) mass is 1240 g/mol. The van der Waals surface area contributed by atoms with E-state index in [0.717, 1.165) is 106 Å². The van der Waals surface area contributed by atoms with E-state index in [4.69, 9.17) is 29.9 Å². The van der Waals surface area contributed by atoms with Crippen LogP contribution < -0.4 is 0 Å². The van der Waals surface area contributed by atoms with E-state index in [9.17, 15) is 0 Å². The highest BCUT2D eigenvalue weighted by Crippen LogP contribution is 2.44. The lowest BCUT2D eigenvalue weighted by Crippen LogP contribution is -2.11. The van der Waals surface area contributed by atoms with Crippen LogP contribution in [0.1, 0.15) is 87.9 Å². The second kappa shape index (κ2) is 29.7. The Labute approximate surface area is 558 Å². The third-order valence-electron chi connectivity index (χ3n) is 16.9. The molecule has 0 fully saturated rings. The molecule has 0 aliphatic rings. The Bertz CT molecular complexity index is 5080. The first-order chi connectivity index (χ1) is 46.7. The minimum absolute atomic E-state index is 0.548. The summed E-state index contributed by atoms with van der Waals surface area (Å²) in [7, 11) is 0. The van der Waals surface area contributed by atoms with E-state index < -0.39 is 0 Å². The molecular weight excluding hydrogens is 1160 g/mol. The Morgan fingerprint density at radius 1 is 0.389 bits per heavy atom. The van der Waals surface area contributed by atoms with Gasteiger partial charge in [0.25, 0.3) is 0 Å². The summed E-state index contributed by atoms with van der Waals surface area (Å²) in [4.78, 5) is 30.5. The van der Waals surface area contributed by atoms with Gasteiger partial charge in [-0.15, -0.1) is 0 Å². The standard InChI is InChI=1S/C46H37N5.C36H30N4.2C2H6/c1-5-19-40-31(3)32(4)42(51(40)46-48-44(34-22-13-8-14-23-34)47-45(49-46)35-24-15-9-16-25-35)43-38(6-2)39-30-36(33-20-11-7-12-21-33)28-29-41(39)50(43)37-26-17-10-18-27-37;1-5-14-25(6-2)34-37-35(39-36(38-34)40-24(4)29(7-3)32-20-10-11-22-33(32)40)28-18-12-17-27(23-28)31-21-13-16-26-15-8-9-19-30(26)31;2*1-2/h5-30H,2H2,1,3-4H3;5-23H,3H2,1-2,4H3;2*1-2H3/b19-5-;14-5-,25-6+;;. The lowest BCUT2D eigenvalue weighted by molar-refractivity contribution is 0.891. The van der Waals surface area contributed by atoms with Crippen LogP contribution in [0.4, 0.5) is 0 Å². The molecule has 0 aliphatic carbocycles. The largest absolute Gasteiger partial charge is 0.307 e. The van der Waals surface area contributed by atoms with Crippen molar-refractivity contribution in [2.75, 3.05) is 0 Å². The Morgan fingerprint density at radius 2 is 0.916 bits per heavy atom. The van der Waals surface area contributed by atoms with Crippen LogP contribution in [0.25, 0.3) is 142 Å². The molecule has 0 amide bonds. The first kappa shape index (κ1) is 64.8. The number of rotatable bonds is 14. The van der Waals surface area contributed by atoms with Crippen molar-refractivity contribution in [3.8, 4) is 85.4 Å². The molecule has 0 atom stereocenters. The van der Waals surface area contributed by atoms with Gasteiger partial charge in [0.15, 0.2) is 23.3 Å². The van der Waals surface area contributed by atoms with E-state index >= 15 is 0 Å². The Balaban J connectivity index is 0.000000189. The van der Waals surface area contributed by atoms with Gasteiger partial charge in [-0.1, -0.05) is 271 Å². The zero-order valence-electron chi connectivity index (χ0n) is 55.9. The maximum absolute atomic E-state index is 5.22. The molecule has 0 saturated heterocycles. The molecule has 0 radical (unpaired) electrons. The van der Waals surface area contributed by atoms with Gasteiger partial charge in [0, 0.05) is 55.5 Å². The molecule has 0 aliphatic heterocycles. The summed E-state index contributed by atoms with van der Waals surface area (Å²) in [6.45, 7) is 29.0. The van der Waals surface area contributed by atoms with Crippen molar-refractivity contribution in [2.24, 2.45) is 0 Å². The van der Waals surface area contributed by atoms with Crippen molar-refractivity contribution in [2.45, 2.75) is 69.2 Å². The maximum Gasteiger partial charge on any atom is 0.238 e. The molecule has 0 unspecified atom stereocenters. The summed E-state index contributed by atoms with van der Waals surface area (Å²) in [5.41, 5.74) is 20.0. The molecular formula is C86H79N9. The summed E-state index contributed by atoms with van der Waals surface area (Å²) in [6, 6.07) is 79.7. The molecule has 5 aromatic heterocycles. The van der Waals surface area contributed by atoms with Crippen LogP contribution in [0.15, 0.2) is 268 Å². The maximum atomic E-state index is 5.22. The van der Waals surface area contributed by atoms with Crippen molar-refractivity contribution in [1.29, 1.82) is 0 Å². The summed E-state index contributed by atoms with van der Waals surface area (Å²) in [6.07, 6.45) is 14.2. The number of hydrogen-bond donors (Lipinski definition) is 0. The van der Waals surface area contributed by atoms with Gasteiger partial charge in [-0.05, 0) is 128 Å². The number of nitrogens with zero attached hydrogens (tertiary/aromatic N) is 9. The van der Waals surface area contributed by atoms with E-state index in [1.165, 1.54) is 21.9 Å². The topological polar surface area (TPSA) is 92.1 Å². The molecule has 0 N–H and O–H groups in total. The van der Waals surface area contributed by atoms with Gasteiger partial charge in [0.1, 0.15) is 0 Å². The summed E-state index contributed by atoms with van der Waals surface area (Å²) >= 11 is 0. The lowest BCUT2D eigenvalue weighted by atomic mass is 9.97.